The molecule has 0 radical (unpaired) electrons. The molecule has 1 N–H and O–H groups in total. The van der Waals surface area contributed by atoms with Crippen LogP contribution in [0.5, 0.6) is 0 Å². The van der Waals surface area contributed by atoms with E-state index in [9.17, 15) is 13.2 Å². The maximum absolute atomic E-state index is 11.8. The number of sulfone groups is 1. The first-order valence-electron chi connectivity index (χ1n) is 4.69. The molecule has 1 heterocycles. The van der Waals surface area contributed by atoms with Gasteiger partial charge in [-0.15, -0.1) is 0 Å². The number of nitrogens with zero attached hydrogens (tertiary/aromatic N) is 1. The molecule has 0 amide bonds. The molecule has 0 aliphatic heterocycles. The SMILES string of the molecule is CS(=O)(=O)c1cccc2c(=O)c(C#N)c[nH]c12. The Kier molecular flexibility index (Phi) is 2.48. The van der Waals surface area contributed by atoms with Crippen molar-refractivity contribution in [3.63, 3.8) is 0 Å². The molecule has 5 nitrogen and oxygen atoms in total. The third-order valence-electron chi connectivity index (χ3n) is 2.40. The van der Waals surface area contributed by atoms with E-state index >= 15 is 0 Å². The summed E-state index contributed by atoms with van der Waals surface area (Å²) in [6.07, 6.45) is 2.29. The van der Waals surface area contributed by atoms with Crippen molar-refractivity contribution in [2.75, 3.05) is 6.26 Å². The Morgan fingerprint density at radius 1 is 1.35 bits per heavy atom. The first kappa shape index (κ1) is 11.4. The van der Waals surface area contributed by atoms with Gasteiger partial charge in [0.25, 0.3) is 0 Å². The topological polar surface area (TPSA) is 90.8 Å². The first-order valence-corrected chi connectivity index (χ1v) is 6.59. The number of pyridine rings is 1. The van der Waals surface area contributed by atoms with E-state index in [1.54, 1.807) is 6.07 Å². The zero-order chi connectivity index (χ0) is 12.6. The van der Waals surface area contributed by atoms with Crippen LogP contribution in [0.2, 0.25) is 0 Å². The van der Waals surface area contributed by atoms with Gasteiger partial charge in [-0.25, -0.2) is 8.42 Å². The molecule has 0 aliphatic rings. The predicted octanol–water partition coefficient (Wildman–Crippen LogP) is 0.803. The van der Waals surface area contributed by atoms with E-state index in [0.717, 1.165) is 6.26 Å². The Balaban J connectivity index is 3.02. The number of aromatic amines is 1. The van der Waals surface area contributed by atoms with E-state index in [1.165, 1.54) is 24.4 Å². The fourth-order valence-corrected chi connectivity index (χ4v) is 2.48. The van der Waals surface area contributed by atoms with Gasteiger partial charge in [-0.1, -0.05) is 6.07 Å². The Labute approximate surface area is 97.2 Å². The molecule has 2 rings (SSSR count). The van der Waals surface area contributed by atoms with Gasteiger partial charge in [-0.05, 0) is 12.1 Å². The van der Waals surface area contributed by atoms with E-state index in [2.05, 4.69) is 4.98 Å². The minimum Gasteiger partial charge on any atom is -0.359 e. The van der Waals surface area contributed by atoms with Crippen LogP contribution in [0.4, 0.5) is 0 Å². The highest BCUT2D eigenvalue weighted by Gasteiger charge is 2.14. The van der Waals surface area contributed by atoms with Crippen molar-refractivity contribution in [1.29, 1.82) is 5.26 Å². The van der Waals surface area contributed by atoms with Gasteiger partial charge in [0.1, 0.15) is 11.6 Å². The van der Waals surface area contributed by atoms with E-state index in [1.807, 2.05) is 0 Å². The number of benzene rings is 1. The lowest BCUT2D eigenvalue weighted by molar-refractivity contribution is 0.602. The van der Waals surface area contributed by atoms with Gasteiger partial charge in [0.05, 0.1) is 10.4 Å². The minimum absolute atomic E-state index is 0.0387. The lowest BCUT2D eigenvalue weighted by Crippen LogP contribution is -2.09. The summed E-state index contributed by atoms with van der Waals surface area (Å²) in [5, 5.41) is 8.92. The van der Waals surface area contributed by atoms with Gasteiger partial charge in [-0.2, -0.15) is 5.26 Å². The van der Waals surface area contributed by atoms with Crippen LogP contribution in [0, 0.1) is 11.3 Å². The van der Waals surface area contributed by atoms with Crippen molar-refractivity contribution >= 4 is 20.7 Å². The molecule has 2 aromatic rings. The summed E-state index contributed by atoms with van der Waals surface area (Å²) in [7, 11) is -3.42. The van der Waals surface area contributed by atoms with Crippen LogP contribution in [-0.2, 0) is 9.84 Å². The standard InChI is InChI=1S/C11H8N2O3S/c1-17(15,16)9-4-2-3-8-10(9)13-6-7(5-12)11(8)14/h2-4,6H,1H3,(H,13,14). The molecule has 0 saturated carbocycles. The van der Waals surface area contributed by atoms with Gasteiger partial charge in [0.2, 0.25) is 5.43 Å². The molecule has 1 aromatic carbocycles. The summed E-state index contributed by atoms with van der Waals surface area (Å²) in [4.78, 5) is 14.5. The molecule has 17 heavy (non-hydrogen) atoms. The number of fused-ring (bicyclic) bond motifs is 1. The molecule has 86 valence electrons. The van der Waals surface area contributed by atoms with Crippen LogP contribution in [0.1, 0.15) is 5.56 Å². The Morgan fingerprint density at radius 2 is 2.06 bits per heavy atom. The van der Waals surface area contributed by atoms with Gasteiger partial charge < -0.3 is 4.98 Å². The van der Waals surface area contributed by atoms with Crippen LogP contribution in [0.15, 0.2) is 34.1 Å². The summed E-state index contributed by atoms with van der Waals surface area (Å²) in [6.45, 7) is 0. The lowest BCUT2D eigenvalue weighted by atomic mass is 10.1. The second-order valence-corrected chi connectivity index (χ2v) is 5.58. The number of H-pyrrole nitrogens is 1. The number of hydrogen-bond acceptors (Lipinski definition) is 4. The van der Waals surface area contributed by atoms with Crippen molar-refractivity contribution < 1.29 is 8.42 Å². The fourth-order valence-electron chi connectivity index (χ4n) is 1.62. The summed E-state index contributed by atoms with van der Waals surface area (Å²) in [6, 6.07) is 6.14. The monoisotopic (exact) mass is 248 g/mol. The highest BCUT2D eigenvalue weighted by atomic mass is 32.2. The number of nitriles is 1. The van der Waals surface area contributed by atoms with Crippen LogP contribution in [0.25, 0.3) is 10.9 Å². The highest BCUT2D eigenvalue weighted by Crippen LogP contribution is 2.18. The molecule has 1 aromatic heterocycles. The third kappa shape index (κ3) is 1.81. The fraction of sp³-hybridized carbons (Fsp3) is 0.0909. The average molecular weight is 248 g/mol. The Bertz CT molecular complexity index is 798. The zero-order valence-electron chi connectivity index (χ0n) is 8.89. The molecule has 6 heteroatoms. The van der Waals surface area contributed by atoms with Crippen molar-refractivity contribution in [2.45, 2.75) is 4.90 Å². The van der Waals surface area contributed by atoms with Gasteiger partial charge in [-0.3, -0.25) is 4.79 Å². The average Bonchev–Trinajstić information content (AvgIpc) is 2.28. The van der Waals surface area contributed by atoms with Crippen molar-refractivity contribution in [1.82, 2.24) is 4.98 Å². The second-order valence-electron chi connectivity index (χ2n) is 3.59. The predicted molar refractivity (Wildman–Crippen MR) is 62.4 cm³/mol. The van der Waals surface area contributed by atoms with Crippen LogP contribution < -0.4 is 5.43 Å². The largest absolute Gasteiger partial charge is 0.359 e. The summed E-state index contributed by atoms with van der Waals surface area (Å²) in [5.74, 6) is 0. The Morgan fingerprint density at radius 3 is 2.65 bits per heavy atom. The normalized spacial score (nSPS) is 11.3. The molecule has 0 atom stereocenters. The quantitative estimate of drug-likeness (QED) is 0.808. The summed E-state index contributed by atoms with van der Waals surface area (Å²) >= 11 is 0. The van der Waals surface area contributed by atoms with Crippen LogP contribution in [0.3, 0.4) is 0 Å². The van der Waals surface area contributed by atoms with E-state index in [0.29, 0.717) is 0 Å². The maximum atomic E-state index is 11.8. The first-order chi connectivity index (χ1) is 7.95. The smallest absolute Gasteiger partial charge is 0.207 e. The number of rotatable bonds is 1. The van der Waals surface area contributed by atoms with E-state index in [-0.39, 0.29) is 21.4 Å². The molecule has 0 bridgehead atoms. The van der Waals surface area contributed by atoms with E-state index in [4.69, 9.17) is 5.26 Å². The van der Waals surface area contributed by atoms with Crippen molar-refractivity contribution in [2.24, 2.45) is 0 Å². The number of nitrogens with one attached hydrogen (secondary N) is 1. The molecule has 0 spiro atoms. The molecule has 0 aliphatic carbocycles. The summed E-state index contributed by atoms with van der Waals surface area (Å²) in [5.41, 5.74) is -0.270. The maximum Gasteiger partial charge on any atom is 0.207 e. The molecule has 0 unspecified atom stereocenters. The van der Waals surface area contributed by atoms with Gasteiger partial charge in [0, 0.05) is 17.8 Å². The third-order valence-corrected chi connectivity index (χ3v) is 3.54. The number of hydrogen-bond donors (Lipinski definition) is 1. The number of aromatic nitrogens is 1. The van der Waals surface area contributed by atoms with Crippen molar-refractivity contribution in [3.05, 3.63) is 40.2 Å². The highest BCUT2D eigenvalue weighted by molar-refractivity contribution is 7.91. The summed E-state index contributed by atoms with van der Waals surface area (Å²) < 4.78 is 23.1. The molecular weight excluding hydrogens is 240 g/mol. The van der Waals surface area contributed by atoms with Crippen LogP contribution >= 0.6 is 0 Å². The Hall–Kier alpha value is -2.13. The van der Waals surface area contributed by atoms with Gasteiger partial charge >= 0.3 is 0 Å². The number of para-hydroxylation sites is 1. The zero-order valence-corrected chi connectivity index (χ0v) is 9.71. The van der Waals surface area contributed by atoms with Crippen molar-refractivity contribution in [3.8, 4) is 6.07 Å². The second kappa shape index (κ2) is 3.71. The lowest BCUT2D eigenvalue weighted by Gasteiger charge is -2.04. The minimum atomic E-state index is -3.42. The van der Waals surface area contributed by atoms with Crippen LogP contribution in [-0.4, -0.2) is 19.7 Å². The molecular formula is C11H8N2O3S. The van der Waals surface area contributed by atoms with E-state index < -0.39 is 15.3 Å². The molecule has 0 saturated heterocycles. The van der Waals surface area contributed by atoms with Gasteiger partial charge in [0.15, 0.2) is 9.84 Å². The molecule has 0 fully saturated rings.